The SMILES string of the molecule is CCC(CC)CC(NC)C1CCCC1. The molecular formula is C13H27N. The van der Waals surface area contributed by atoms with Crippen molar-refractivity contribution in [3.05, 3.63) is 0 Å². The molecule has 1 aliphatic carbocycles. The van der Waals surface area contributed by atoms with Crippen LogP contribution in [0.15, 0.2) is 0 Å². The van der Waals surface area contributed by atoms with Crippen molar-refractivity contribution in [2.45, 2.75) is 64.8 Å². The van der Waals surface area contributed by atoms with Gasteiger partial charge in [0.05, 0.1) is 0 Å². The fraction of sp³-hybridized carbons (Fsp3) is 1.00. The molecule has 0 aromatic rings. The van der Waals surface area contributed by atoms with E-state index in [1.54, 1.807) is 0 Å². The summed E-state index contributed by atoms with van der Waals surface area (Å²) in [7, 11) is 2.14. The quantitative estimate of drug-likeness (QED) is 0.686. The Balaban J connectivity index is 2.36. The Hall–Kier alpha value is -0.0400. The number of nitrogens with one attached hydrogen (secondary N) is 1. The second-order valence-corrected chi connectivity index (χ2v) is 4.86. The number of hydrogen-bond donors (Lipinski definition) is 1. The molecule has 1 nitrogen and oxygen atoms in total. The average Bonchev–Trinajstić information content (AvgIpc) is 2.73. The van der Waals surface area contributed by atoms with Gasteiger partial charge in [0, 0.05) is 6.04 Å². The Morgan fingerprint density at radius 2 is 1.71 bits per heavy atom. The van der Waals surface area contributed by atoms with Gasteiger partial charge in [0.25, 0.3) is 0 Å². The van der Waals surface area contributed by atoms with Crippen LogP contribution in [-0.4, -0.2) is 13.1 Å². The molecule has 1 aliphatic rings. The number of hydrogen-bond acceptors (Lipinski definition) is 1. The second-order valence-electron chi connectivity index (χ2n) is 4.86. The summed E-state index contributed by atoms with van der Waals surface area (Å²) < 4.78 is 0. The van der Waals surface area contributed by atoms with Crippen LogP contribution in [0.25, 0.3) is 0 Å². The summed E-state index contributed by atoms with van der Waals surface area (Å²) in [6.45, 7) is 4.66. The van der Waals surface area contributed by atoms with Crippen molar-refractivity contribution >= 4 is 0 Å². The molecule has 0 aromatic heterocycles. The molecule has 14 heavy (non-hydrogen) atoms. The molecule has 1 fully saturated rings. The Morgan fingerprint density at radius 3 is 2.14 bits per heavy atom. The summed E-state index contributed by atoms with van der Waals surface area (Å²) in [6, 6.07) is 0.794. The van der Waals surface area contributed by atoms with Crippen molar-refractivity contribution in [2.75, 3.05) is 7.05 Å². The number of rotatable bonds is 6. The summed E-state index contributed by atoms with van der Waals surface area (Å²) in [5, 5.41) is 3.54. The van der Waals surface area contributed by atoms with Crippen molar-refractivity contribution in [1.82, 2.24) is 5.32 Å². The van der Waals surface area contributed by atoms with E-state index in [4.69, 9.17) is 0 Å². The normalized spacial score (nSPS) is 20.6. The van der Waals surface area contributed by atoms with E-state index in [1.165, 1.54) is 44.9 Å². The maximum Gasteiger partial charge on any atom is 0.00949 e. The summed E-state index contributed by atoms with van der Waals surface area (Å²) in [5.74, 6) is 1.91. The van der Waals surface area contributed by atoms with Gasteiger partial charge in [-0.2, -0.15) is 0 Å². The largest absolute Gasteiger partial charge is 0.317 e. The monoisotopic (exact) mass is 197 g/mol. The average molecular weight is 197 g/mol. The third-order valence-electron chi connectivity index (χ3n) is 4.08. The fourth-order valence-corrected chi connectivity index (χ4v) is 2.89. The Bertz CT molecular complexity index is 134. The Kier molecular flexibility index (Phi) is 5.54. The van der Waals surface area contributed by atoms with E-state index >= 15 is 0 Å². The summed E-state index contributed by atoms with van der Waals surface area (Å²) in [6.07, 6.45) is 9.95. The van der Waals surface area contributed by atoms with Gasteiger partial charge in [-0.05, 0) is 38.1 Å². The van der Waals surface area contributed by atoms with Crippen molar-refractivity contribution in [3.8, 4) is 0 Å². The molecule has 1 heteroatoms. The van der Waals surface area contributed by atoms with Crippen molar-refractivity contribution in [1.29, 1.82) is 0 Å². The molecule has 0 saturated heterocycles. The first-order valence-corrected chi connectivity index (χ1v) is 6.49. The zero-order valence-electron chi connectivity index (χ0n) is 10.2. The minimum atomic E-state index is 0.794. The molecule has 0 aromatic carbocycles. The summed E-state index contributed by atoms with van der Waals surface area (Å²) >= 11 is 0. The molecule has 1 rings (SSSR count). The fourth-order valence-electron chi connectivity index (χ4n) is 2.89. The Morgan fingerprint density at radius 1 is 1.14 bits per heavy atom. The smallest absolute Gasteiger partial charge is 0.00949 e. The van der Waals surface area contributed by atoms with Crippen LogP contribution in [0.4, 0.5) is 0 Å². The van der Waals surface area contributed by atoms with Gasteiger partial charge in [0.15, 0.2) is 0 Å². The van der Waals surface area contributed by atoms with Gasteiger partial charge >= 0.3 is 0 Å². The van der Waals surface area contributed by atoms with Crippen molar-refractivity contribution in [2.24, 2.45) is 11.8 Å². The van der Waals surface area contributed by atoms with Gasteiger partial charge in [-0.15, -0.1) is 0 Å². The topological polar surface area (TPSA) is 12.0 Å². The maximum atomic E-state index is 3.54. The maximum absolute atomic E-state index is 3.54. The lowest BCUT2D eigenvalue weighted by atomic mass is 9.87. The highest BCUT2D eigenvalue weighted by atomic mass is 14.9. The van der Waals surface area contributed by atoms with Gasteiger partial charge in [0.1, 0.15) is 0 Å². The molecule has 0 spiro atoms. The molecule has 1 N–H and O–H groups in total. The zero-order chi connectivity index (χ0) is 10.4. The zero-order valence-corrected chi connectivity index (χ0v) is 10.2. The lowest BCUT2D eigenvalue weighted by molar-refractivity contribution is 0.297. The predicted octanol–water partition coefficient (Wildman–Crippen LogP) is 3.59. The molecule has 0 aliphatic heterocycles. The predicted molar refractivity (Wildman–Crippen MR) is 63.5 cm³/mol. The molecular weight excluding hydrogens is 170 g/mol. The molecule has 0 amide bonds. The van der Waals surface area contributed by atoms with E-state index < -0.39 is 0 Å². The highest BCUT2D eigenvalue weighted by Crippen LogP contribution is 2.31. The van der Waals surface area contributed by atoms with E-state index in [2.05, 4.69) is 26.2 Å². The van der Waals surface area contributed by atoms with Crippen LogP contribution in [-0.2, 0) is 0 Å². The standard InChI is InChI=1S/C13H27N/c1-4-11(5-2)10-13(14-3)12-8-6-7-9-12/h11-14H,4-10H2,1-3H3. The van der Waals surface area contributed by atoms with Gasteiger partial charge in [0.2, 0.25) is 0 Å². The van der Waals surface area contributed by atoms with Gasteiger partial charge in [-0.3, -0.25) is 0 Å². The second kappa shape index (κ2) is 6.44. The van der Waals surface area contributed by atoms with Crippen LogP contribution in [0.3, 0.4) is 0 Å². The van der Waals surface area contributed by atoms with Crippen LogP contribution in [0.2, 0.25) is 0 Å². The highest BCUT2D eigenvalue weighted by molar-refractivity contribution is 4.81. The van der Waals surface area contributed by atoms with Crippen LogP contribution in [0.1, 0.15) is 58.8 Å². The third kappa shape index (κ3) is 3.27. The van der Waals surface area contributed by atoms with Gasteiger partial charge < -0.3 is 5.32 Å². The molecule has 1 unspecified atom stereocenters. The summed E-state index contributed by atoms with van der Waals surface area (Å²) in [5.41, 5.74) is 0. The third-order valence-corrected chi connectivity index (χ3v) is 4.08. The van der Waals surface area contributed by atoms with Crippen LogP contribution < -0.4 is 5.32 Å². The lowest BCUT2D eigenvalue weighted by Crippen LogP contribution is -2.34. The Labute approximate surface area is 89.7 Å². The van der Waals surface area contributed by atoms with E-state index in [-0.39, 0.29) is 0 Å². The van der Waals surface area contributed by atoms with E-state index in [0.717, 1.165) is 17.9 Å². The highest BCUT2D eigenvalue weighted by Gasteiger charge is 2.25. The van der Waals surface area contributed by atoms with Crippen molar-refractivity contribution in [3.63, 3.8) is 0 Å². The molecule has 0 heterocycles. The van der Waals surface area contributed by atoms with E-state index in [0.29, 0.717) is 0 Å². The first-order valence-electron chi connectivity index (χ1n) is 6.49. The van der Waals surface area contributed by atoms with Crippen LogP contribution in [0.5, 0.6) is 0 Å². The van der Waals surface area contributed by atoms with Crippen molar-refractivity contribution < 1.29 is 0 Å². The minimum absolute atomic E-state index is 0.794. The molecule has 84 valence electrons. The first kappa shape index (κ1) is 12.0. The summed E-state index contributed by atoms with van der Waals surface area (Å²) in [4.78, 5) is 0. The van der Waals surface area contributed by atoms with Crippen LogP contribution in [0, 0.1) is 11.8 Å². The van der Waals surface area contributed by atoms with Gasteiger partial charge in [-0.25, -0.2) is 0 Å². The minimum Gasteiger partial charge on any atom is -0.317 e. The first-order chi connectivity index (χ1) is 6.81. The van der Waals surface area contributed by atoms with Crippen LogP contribution >= 0.6 is 0 Å². The van der Waals surface area contributed by atoms with E-state index in [9.17, 15) is 0 Å². The molecule has 1 atom stereocenters. The molecule has 0 bridgehead atoms. The van der Waals surface area contributed by atoms with E-state index in [1.807, 2.05) is 0 Å². The van der Waals surface area contributed by atoms with Gasteiger partial charge in [-0.1, -0.05) is 39.5 Å². The lowest BCUT2D eigenvalue weighted by Gasteiger charge is -2.26. The molecule has 0 radical (unpaired) electrons. The molecule has 1 saturated carbocycles.